The van der Waals surface area contributed by atoms with Gasteiger partial charge in [0.1, 0.15) is 12.3 Å². The lowest BCUT2D eigenvalue weighted by Crippen LogP contribution is -2.45. The number of piperazine rings is 1. The van der Waals surface area contributed by atoms with Crippen LogP contribution in [0.25, 0.3) is 21.5 Å². The monoisotopic (exact) mass is 601 g/mol. The molecule has 1 saturated heterocycles. The van der Waals surface area contributed by atoms with Gasteiger partial charge < -0.3 is 24.4 Å². The highest BCUT2D eigenvalue weighted by atomic mass is 32.1. The maximum Gasteiger partial charge on any atom is 0.243 e. The van der Waals surface area contributed by atoms with Gasteiger partial charge in [-0.3, -0.25) is 19.6 Å². The maximum atomic E-state index is 15.6. The standard InChI is InChI=1S/C28H36FN7O5S/c1-17-16-41-26-23-18(14-20(29)24(26)35-12-10-34(2)11-13-35)25(39)19(15-36(17)23)27-31-32-28(42-27)30-21(37)8-6-4-3-5-7-9-22(38)33-40/h14-15,17,40H,3-13,16H2,1-2H3,(H,33,38)(H,30,32,37)/t17-/m0/s1. The van der Waals surface area contributed by atoms with Crippen molar-refractivity contribution in [3.8, 4) is 16.3 Å². The first-order valence-electron chi connectivity index (χ1n) is 14.3. The SMILES string of the molecule is C[C@H]1COc2c(N3CCN(C)CC3)c(F)cc3c(=O)c(-c4nnc(NC(=O)CCCCCCCC(=O)NO)s4)cn1c23. The lowest BCUT2D eigenvalue weighted by atomic mass is 10.1. The van der Waals surface area contributed by atoms with E-state index in [1.807, 2.05) is 23.4 Å². The van der Waals surface area contributed by atoms with Crippen LogP contribution in [0.15, 0.2) is 17.1 Å². The van der Waals surface area contributed by atoms with Gasteiger partial charge in [-0.2, -0.15) is 0 Å². The van der Waals surface area contributed by atoms with E-state index in [-0.39, 0.29) is 34.3 Å². The zero-order valence-corrected chi connectivity index (χ0v) is 24.6. The van der Waals surface area contributed by atoms with E-state index >= 15 is 4.39 Å². The normalized spacial score (nSPS) is 16.9. The number of hydroxylamine groups is 1. The van der Waals surface area contributed by atoms with Gasteiger partial charge in [-0.25, -0.2) is 9.87 Å². The second kappa shape index (κ2) is 13.1. The molecule has 42 heavy (non-hydrogen) atoms. The lowest BCUT2D eigenvalue weighted by Gasteiger charge is -2.37. The number of hydrogen-bond acceptors (Lipinski definition) is 10. The third kappa shape index (κ3) is 6.40. The third-order valence-corrected chi connectivity index (χ3v) is 8.67. The molecule has 0 saturated carbocycles. The number of pyridine rings is 1. The molecule has 1 aromatic carbocycles. The first-order chi connectivity index (χ1) is 20.3. The van der Waals surface area contributed by atoms with Crippen molar-refractivity contribution < 1.29 is 23.9 Å². The van der Waals surface area contributed by atoms with Crippen LogP contribution in [0, 0.1) is 5.82 Å². The van der Waals surface area contributed by atoms with Crippen LogP contribution in [-0.2, 0) is 9.59 Å². The number of ether oxygens (including phenoxy) is 1. The second-order valence-electron chi connectivity index (χ2n) is 10.9. The summed E-state index contributed by atoms with van der Waals surface area (Å²) in [6.45, 7) is 5.26. The molecule has 0 unspecified atom stereocenters. The number of hydrogen-bond donors (Lipinski definition) is 3. The van der Waals surface area contributed by atoms with E-state index in [1.165, 1.54) is 6.07 Å². The highest BCUT2D eigenvalue weighted by Gasteiger charge is 2.31. The summed E-state index contributed by atoms with van der Waals surface area (Å²) in [5.74, 6) is -0.681. The minimum absolute atomic E-state index is 0.0934. The summed E-state index contributed by atoms with van der Waals surface area (Å²) in [7, 11) is 2.04. The third-order valence-electron chi connectivity index (χ3n) is 7.80. The zero-order valence-electron chi connectivity index (χ0n) is 23.8. The van der Waals surface area contributed by atoms with E-state index in [0.717, 1.165) is 43.7 Å². The molecule has 3 aromatic rings. The van der Waals surface area contributed by atoms with Crippen molar-refractivity contribution in [1.29, 1.82) is 0 Å². The molecular formula is C28H36FN7O5S. The number of likely N-dealkylation sites (N-methyl/N-ethyl adjacent to an activating group) is 1. The first-order valence-corrected chi connectivity index (χ1v) is 15.1. The zero-order chi connectivity index (χ0) is 29.8. The molecule has 2 aromatic heterocycles. The van der Waals surface area contributed by atoms with Crippen LogP contribution in [-0.4, -0.2) is 76.5 Å². The molecule has 5 rings (SSSR count). The molecule has 0 radical (unpaired) electrons. The number of nitrogens with zero attached hydrogens (tertiary/aromatic N) is 5. The molecule has 0 spiro atoms. The molecule has 0 aliphatic carbocycles. The fourth-order valence-corrected chi connectivity index (χ4v) is 6.18. The molecule has 2 aliphatic rings. The van der Waals surface area contributed by atoms with E-state index in [9.17, 15) is 14.4 Å². The van der Waals surface area contributed by atoms with E-state index in [0.29, 0.717) is 66.5 Å². The number of halogens is 1. The van der Waals surface area contributed by atoms with Gasteiger partial charge in [0.05, 0.1) is 22.5 Å². The summed E-state index contributed by atoms with van der Waals surface area (Å²) < 4.78 is 23.6. The molecular weight excluding hydrogens is 565 g/mol. The summed E-state index contributed by atoms with van der Waals surface area (Å²) in [5.41, 5.74) is 2.52. The van der Waals surface area contributed by atoms with Gasteiger partial charge in [-0.15, -0.1) is 10.2 Å². The van der Waals surface area contributed by atoms with E-state index < -0.39 is 11.7 Å². The Hall–Kier alpha value is -3.62. The molecule has 1 atom stereocenters. The second-order valence-corrected chi connectivity index (χ2v) is 11.9. The summed E-state index contributed by atoms with van der Waals surface area (Å²) >= 11 is 1.10. The van der Waals surface area contributed by atoms with Gasteiger partial charge in [0.15, 0.2) is 22.0 Å². The van der Waals surface area contributed by atoms with Crippen LogP contribution in [0.3, 0.4) is 0 Å². The van der Waals surface area contributed by atoms with Crippen LogP contribution in [0.2, 0.25) is 0 Å². The van der Waals surface area contributed by atoms with Crippen molar-refractivity contribution in [3.63, 3.8) is 0 Å². The Morgan fingerprint density at radius 1 is 1.10 bits per heavy atom. The number of anilines is 2. The largest absolute Gasteiger partial charge is 0.487 e. The Morgan fingerprint density at radius 2 is 1.79 bits per heavy atom. The van der Waals surface area contributed by atoms with Crippen molar-refractivity contribution in [2.75, 3.05) is 50.1 Å². The summed E-state index contributed by atoms with van der Waals surface area (Å²) in [4.78, 5) is 41.3. The van der Waals surface area contributed by atoms with Gasteiger partial charge >= 0.3 is 0 Å². The van der Waals surface area contributed by atoms with Crippen molar-refractivity contribution in [2.45, 2.75) is 57.9 Å². The van der Waals surface area contributed by atoms with Crippen molar-refractivity contribution in [2.24, 2.45) is 0 Å². The average Bonchev–Trinajstić information content (AvgIpc) is 3.43. The molecule has 14 heteroatoms. The number of rotatable bonds is 11. The van der Waals surface area contributed by atoms with Gasteiger partial charge in [0.2, 0.25) is 16.9 Å². The Morgan fingerprint density at radius 3 is 2.50 bits per heavy atom. The van der Waals surface area contributed by atoms with Crippen molar-refractivity contribution >= 4 is 44.9 Å². The molecule has 0 bridgehead atoms. The highest BCUT2D eigenvalue weighted by molar-refractivity contribution is 7.18. The fourth-order valence-electron chi connectivity index (χ4n) is 5.41. The Bertz CT molecular complexity index is 1520. The van der Waals surface area contributed by atoms with Crippen LogP contribution < -0.4 is 25.9 Å². The molecule has 4 heterocycles. The smallest absolute Gasteiger partial charge is 0.243 e. The molecule has 226 valence electrons. The molecule has 12 nitrogen and oxygen atoms in total. The van der Waals surface area contributed by atoms with Crippen molar-refractivity contribution in [3.05, 3.63) is 28.3 Å². The predicted molar refractivity (Wildman–Crippen MR) is 158 cm³/mol. The van der Waals surface area contributed by atoms with Gasteiger partial charge in [-0.05, 0) is 32.9 Å². The van der Waals surface area contributed by atoms with Gasteiger partial charge in [0, 0.05) is 45.2 Å². The van der Waals surface area contributed by atoms with Crippen LogP contribution in [0.5, 0.6) is 5.75 Å². The minimum atomic E-state index is -0.488. The lowest BCUT2D eigenvalue weighted by molar-refractivity contribution is -0.129. The number of aromatic nitrogens is 3. The summed E-state index contributed by atoms with van der Waals surface area (Å²) in [5, 5.41) is 20.4. The summed E-state index contributed by atoms with van der Waals surface area (Å²) in [6.07, 6.45) is 6.25. The number of carbonyl (C=O) groups is 2. The predicted octanol–water partition coefficient (Wildman–Crippen LogP) is 3.54. The first kappa shape index (κ1) is 29.9. The number of carbonyl (C=O) groups excluding carboxylic acids is 2. The topological polar surface area (TPSA) is 142 Å². The van der Waals surface area contributed by atoms with Crippen LogP contribution in [0.1, 0.15) is 57.9 Å². The summed E-state index contributed by atoms with van der Waals surface area (Å²) in [6, 6.07) is 1.21. The number of nitrogens with one attached hydrogen (secondary N) is 2. The molecule has 2 amide bonds. The van der Waals surface area contributed by atoms with E-state index in [4.69, 9.17) is 9.94 Å². The molecule has 3 N–H and O–H groups in total. The Balaban J connectivity index is 1.30. The van der Waals surface area contributed by atoms with Crippen LogP contribution >= 0.6 is 11.3 Å². The quantitative estimate of drug-likeness (QED) is 0.171. The van der Waals surface area contributed by atoms with E-state index in [1.54, 1.807) is 11.7 Å². The minimum Gasteiger partial charge on any atom is -0.487 e. The Labute approximate surface area is 246 Å². The van der Waals surface area contributed by atoms with Crippen molar-refractivity contribution in [1.82, 2.24) is 25.1 Å². The fraction of sp³-hybridized carbons (Fsp3) is 0.536. The number of amides is 2. The number of unbranched alkanes of at least 4 members (excludes halogenated alkanes) is 4. The number of benzene rings is 1. The average molecular weight is 602 g/mol. The maximum absolute atomic E-state index is 15.6. The Kier molecular flexibility index (Phi) is 9.34. The highest BCUT2D eigenvalue weighted by Crippen LogP contribution is 2.42. The van der Waals surface area contributed by atoms with Gasteiger partial charge in [0.25, 0.3) is 0 Å². The van der Waals surface area contributed by atoms with Crippen LogP contribution in [0.4, 0.5) is 15.2 Å². The molecule has 2 aliphatic heterocycles. The van der Waals surface area contributed by atoms with E-state index in [2.05, 4.69) is 20.4 Å². The molecule has 1 fully saturated rings. The van der Waals surface area contributed by atoms with Gasteiger partial charge in [-0.1, -0.05) is 30.6 Å².